The number of halogens is 2. The van der Waals surface area contributed by atoms with Gasteiger partial charge in [-0.15, -0.1) is 5.10 Å². The Labute approximate surface area is 127 Å². The van der Waals surface area contributed by atoms with E-state index in [1.54, 1.807) is 18.3 Å². The van der Waals surface area contributed by atoms with E-state index >= 15 is 0 Å². The van der Waals surface area contributed by atoms with Crippen molar-refractivity contribution in [2.24, 2.45) is 0 Å². The number of fused-ring (bicyclic) bond motifs is 1. The van der Waals surface area contributed by atoms with Crippen molar-refractivity contribution in [2.75, 3.05) is 11.4 Å². The second-order valence-corrected chi connectivity index (χ2v) is 8.19. The Morgan fingerprint density at radius 1 is 1.40 bits per heavy atom. The number of rotatable bonds is 2. The van der Waals surface area contributed by atoms with Gasteiger partial charge in [-0.3, -0.25) is 9.69 Å². The van der Waals surface area contributed by atoms with Crippen LogP contribution in [-0.2, 0) is 13.8 Å². The van der Waals surface area contributed by atoms with Gasteiger partial charge in [0.25, 0.3) is 5.95 Å². The highest BCUT2D eigenvalue weighted by atomic mass is 79.9. The fourth-order valence-corrected chi connectivity index (χ4v) is 3.37. The van der Waals surface area contributed by atoms with Crippen LogP contribution in [0, 0.1) is 0 Å². The highest BCUT2D eigenvalue weighted by Gasteiger charge is 2.39. The molecule has 1 aliphatic rings. The van der Waals surface area contributed by atoms with Crippen LogP contribution in [0.2, 0.25) is 0 Å². The van der Waals surface area contributed by atoms with Crippen molar-refractivity contribution in [3.63, 3.8) is 0 Å². The first-order valence-electron chi connectivity index (χ1n) is 5.60. The van der Waals surface area contributed by atoms with E-state index in [1.807, 2.05) is 0 Å². The molecule has 1 aliphatic heterocycles. The van der Waals surface area contributed by atoms with Crippen LogP contribution >= 0.6 is 26.6 Å². The van der Waals surface area contributed by atoms with Gasteiger partial charge in [-0.1, -0.05) is 0 Å². The van der Waals surface area contributed by atoms with Gasteiger partial charge in [0.15, 0.2) is 5.65 Å². The summed E-state index contributed by atoms with van der Waals surface area (Å²) >= 11 is 3.31. The summed E-state index contributed by atoms with van der Waals surface area (Å²) in [5, 5.41) is 3.24. The smallest absolute Gasteiger partial charge is 0.252 e. The molecule has 0 bridgehead atoms. The minimum atomic E-state index is -3.77. The van der Waals surface area contributed by atoms with E-state index in [2.05, 4.69) is 26.0 Å². The third kappa shape index (κ3) is 2.40. The van der Waals surface area contributed by atoms with Gasteiger partial charge in [-0.2, -0.15) is 4.98 Å². The van der Waals surface area contributed by atoms with Crippen molar-refractivity contribution in [1.82, 2.24) is 14.6 Å². The Morgan fingerprint density at radius 2 is 2.15 bits per heavy atom. The second kappa shape index (κ2) is 4.68. The minimum Gasteiger partial charge on any atom is -0.278 e. The highest BCUT2D eigenvalue weighted by Crippen LogP contribution is 2.25. The van der Waals surface area contributed by atoms with E-state index in [0.29, 0.717) is 5.65 Å². The molecule has 1 unspecified atom stereocenters. The Balaban J connectivity index is 1.97. The summed E-state index contributed by atoms with van der Waals surface area (Å²) in [4.78, 5) is 17.3. The average Bonchev–Trinajstić information content (AvgIpc) is 2.90. The molecule has 0 spiro atoms. The Kier molecular flexibility index (Phi) is 3.22. The third-order valence-electron chi connectivity index (χ3n) is 3.01. The number of nitrogens with zero attached hydrogens (tertiary/aromatic N) is 4. The lowest BCUT2D eigenvalue weighted by Gasteiger charge is -2.10. The molecule has 0 saturated carbocycles. The fourth-order valence-electron chi connectivity index (χ4n) is 2.02. The molecule has 0 radical (unpaired) electrons. The molecule has 2 aromatic heterocycles. The van der Waals surface area contributed by atoms with E-state index in [1.165, 1.54) is 9.42 Å². The van der Waals surface area contributed by atoms with E-state index in [-0.39, 0.29) is 24.8 Å². The number of anilines is 1. The molecule has 7 nitrogen and oxygen atoms in total. The number of carbonyl (C=O) groups is 1. The van der Waals surface area contributed by atoms with Crippen LogP contribution in [0.3, 0.4) is 0 Å². The molecule has 3 heterocycles. The molecule has 0 aliphatic carbocycles. The molecule has 1 atom stereocenters. The molecule has 10 heteroatoms. The van der Waals surface area contributed by atoms with Gasteiger partial charge >= 0.3 is 0 Å². The molecule has 0 N–H and O–H groups in total. The number of aromatic nitrogens is 3. The van der Waals surface area contributed by atoms with Gasteiger partial charge in [0.2, 0.25) is 15.0 Å². The Bertz CT molecular complexity index is 806. The summed E-state index contributed by atoms with van der Waals surface area (Å²) in [6.45, 7) is -0.0251. The maximum absolute atomic E-state index is 11.9. The maximum atomic E-state index is 11.9. The van der Waals surface area contributed by atoms with Crippen LogP contribution in [0.4, 0.5) is 5.95 Å². The van der Waals surface area contributed by atoms with E-state index < -0.39 is 14.3 Å². The van der Waals surface area contributed by atoms with Gasteiger partial charge < -0.3 is 0 Å². The SMILES string of the molecule is O=C1CC(S(=O)(=O)Cl)CN1c1nc2ccc(Br)cn2n1. The summed E-state index contributed by atoms with van der Waals surface area (Å²) in [5.41, 5.74) is 0.563. The van der Waals surface area contributed by atoms with Crippen molar-refractivity contribution < 1.29 is 13.2 Å². The van der Waals surface area contributed by atoms with E-state index in [0.717, 1.165) is 4.47 Å². The third-order valence-corrected chi connectivity index (χ3v) is 5.35. The molecular formula is C10H8BrClN4O3S. The van der Waals surface area contributed by atoms with Crippen LogP contribution in [0.15, 0.2) is 22.8 Å². The molecule has 106 valence electrons. The Hall–Kier alpha value is -1.19. The summed E-state index contributed by atoms with van der Waals surface area (Å²) < 4.78 is 24.9. The normalized spacial score (nSPS) is 20.0. The fraction of sp³-hybridized carbons (Fsp3) is 0.300. The average molecular weight is 380 g/mol. The number of hydrogen-bond donors (Lipinski definition) is 0. The molecule has 1 saturated heterocycles. The number of amides is 1. The molecule has 0 aromatic carbocycles. The van der Waals surface area contributed by atoms with Crippen molar-refractivity contribution in [2.45, 2.75) is 11.7 Å². The first-order valence-corrected chi connectivity index (χ1v) is 8.77. The van der Waals surface area contributed by atoms with Crippen LogP contribution in [-0.4, -0.2) is 40.7 Å². The quantitative estimate of drug-likeness (QED) is 0.731. The zero-order valence-corrected chi connectivity index (χ0v) is 13.1. The largest absolute Gasteiger partial charge is 0.278 e. The Morgan fingerprint density at radius 3 is 2.80 bits per heavy atom. The van der Waals surface area contributed by atoms with E-state index in [9.17, 15) is 13.2 Å². The summed E-state index contributed by atoms with van der Waals surface area (Å²) in [6.07, 6.45) is 1.55. The van der Waals surface area contributed by atoms with Crippen molar-refractivity contribution in [3.8, 4) is 0 Å². The predicted molar refractivity (Wildman–Crippen MR) is 76.2 cm³/mol. The standard InChI is InChI=1S/C10H8BrClN4O3S/c11-6-1-2-8-13-10(14-16(8)4-6)15-5-7(3-9(15)17)20(12,18)19/h1-2,4,7H,3,5H2. The minimum absolute atomic E-state index is 0.0251. The van der Waals surface area contributed by atoms with Gasteiger partial charge in [-0.25, -0.2) is 12.9 Å². The summed E-state index contributed by atoms with van der Waals surface area (Å²) in [6, 6.07) is 3.53. The van der Waals surface area contributed by atoms with Crippen molar-refractivity contribution in [1.29, 1.82) is 0 Å². The van der Waals surface area contributed by atoms with Gasteiger partial charge in [0.1, 0.15) is 5.25 Å². The maximum Gasteiger partial charge on any atom is 0.252 e. The van der Waals surface area contributed by atoms with Crippen LogP contribution in [0.1, 0.15) is 6.42 Å². The lowest BCUT2D eigenvalue weighted by molar-refractivity contribution is -0.117. The van der Waals surface area contributed by atoms with Crippen LogP contribution in [0.5, 0.6) is 0 Å². The molecule has 1 fully saturated rings. The summed E-state index contributed by atoms with van der Waals surface area (Å²) in [5.74, 6) is -0.176. The monoisotopic (exact) mass is 378 g/mol. The molecule has 3 rings (SSSR count). The van der Waals surface area contributed by atoms with Gasteiger partial charge in [0, 0.05) is 34.3 Å². The summed E-state index contributed by atoms with van der Waals surface area (Å²) in [7, 11) is 1.52. The first kappa shape index (κ1) is 13.8. The molecule has 20 heavy (non-hydrogen) atoms. The second-order valence-electron chi connectivity index (χ2n) is 4.37. The van der Waals surface area contributed by atoms with Crippen LogP contribution in [0.25, 0.3) is 5.65 Å². The topological polar surface area (TPSA) is 84.6 Å². The van der Waals surface area contributed by atoms with Gasteiger partial charge in [0.05, 0.1) is 0 Å². The van der Waals surface area contributed by atoms with Gasteiger partial charge in [-0.05, 0) is 28.1 Å². The first-order chi connectivity index (χ1) is 9.34. The number of pyridine rings is 1. The van der Waals surface area contributed by atoms with Crippen molar-refractivity contribution in [3.05, 3.63) is 22.8 Å². The molecule has 1 amide bonds. The molecule has 2 aromatic rings. The zero-order chi connectivity index (χ0) is 14.5. The lowest BCUT2D eigenvalue weighted by atomic mass is 10.4. The van der Waals surface area contributed by atoms with E-state index in [4.69, 9.17) is 10.7 Å². The number of carbonyl (C=O) groups excluding carboxylic acids is 1. The lowest BCUT2D eigenvalue weighted by Crippen LogP contribution is -2.27. The highest BCUT2D eigenvalue weighted by molar-refractivity contribution is 9.10. The van der Waals surface area contributed by atoms with Crippen LogP contribution < -0.4 is 4.90 Å². The molecular weight excluding hydrogens is 372 g/mol. The van der Waals surface area contributed by atoms with Crippen molar-refractivity contribution >= 4 is 53.2 Å². The zero-order valence-electron chi connectivity index (χ0n) is 9.90. The number of hydrogen-bond acceptors (Lipinski definition) is 5. The predicted octanol–water partition coefficient (Wildman–Crippen LogP) is 1.17.